The van der Waals surface area contributed by atoms with Crippen LogP contribution in [0.2, 0.25) is 0 Å². The molecule has 0 radical (unpaired) electrons. The van der Waals surface area contributed by atoms with E-state index in [1.165, 1.54) is 0 Å². The van der Waals surface area contributed by atoms with Crippen molar-refractivity contribution in [1.29, 1.82) is 0 Å². The number of ether oxygens (including phenoxy) is 1. The number of carbonyl (C=O) groups is 1. The standard InChI is InChI=1S/C10H16FNO3/c11-10(8(13)14)7-12-6-9(10)2-1-4-15-5-3-9/h12H,1-7H2,(H,13,14). The normalized spacial score (nSPS) is 41.7. The SMILES string of the molecule is O=C(O)C1(F)CNCC12CCCOCC2. The predicted molar refractivity (Wildman–Crippen MR) is 51.4 cm³/mol. The second-order valence-corrected chi connectivity index (χ2v) is 4.46. The van der Waals surface area contributed by atoms with E-state index in [2.05, 4.69) is 5.32 Å². The Balaban J connectivity index is 2.27. The smallest absolute Gasteiger partial charge is 0.343 e. The molecule has 15 heavy (non-hydrogen) atoms. The topological polar surface area (TPSA) is 58.6 Å². The minimum atomic E-state index is -2.12. The lowest BCUT2D eigenvalue weighted by Crippen LogP contribution is -2.50. The summed E-state index contributed by atoms with van der Waals surface area (Å²) in [5.74, 6) is -1.34. The van der Waals surface area contributed by atoms with Gasteiger partial charge >= 0.3 is 5.97 Å². The fourth-order valence-electron chi connectivity index (χ4n) is 2.68. The van der Waals surface area contributed by atoms with Gasteiger partial charge in [-0.2, -0.15) is 0 Å². The van der Waals surface area contributed by atoms with Gasteiger partial charge in [0.1, 0.15) is 0 Å². The maximum atomic E-state index is 14.4. The molecule has 4 nitrogen and oxygen atoms in total. The molecule has 2 fully saturated rings. The van der Waals surface area contributed by atoms with Crippen LogP contribution in [0.15, 0.2) is 0 Å². The first-order chi connectivity index (χ1) is 7.11. The molecule has 0 aromatic rings. The lowest BCUT2D eigenvalue weighted by molar-refractivity contribution is -0.158. The minimum absolute atomic E-state index is 0.0810. The third kappa shape index (κ3) is 1.54. The summed E-state index contributed by atoms with van der Waals surface area (Å²) in [6.07, 6.45) is 1.81. The molecule has 86 valence electrons. The van der Waals surface area contributed by atoms with Crippen molar-refractivity contribution in [2.24, 2.45) is 5.41 Å². The summed E-state index contributed by atoms with van der Waals surface area (Å²) in [7, 11) is 0. The number of halogens is 1. The number of carboxylic acid groups (broad SMARTS) is 1. The van der Waals surface area contributed by atoms with Crippen LogP contribution in [0.5, 0.6) is 0 Å². The number of aliphatic carboxylic acids is 1. The lowest BCUT2D eigenvalue weighted by atomic mass is 9.70. The maximum absolute atomic E-state index is 14.4. The van der Waals surface area contributed by atoms with Crippen molar-refractivity contribution >= 4 is 5.97 Å². The third-order valence-electron chi connectivity index (χ3n) is 3.68. The maximum Gasteiger partial charge on any atom is 0.343 e. The van der Waals surface area contributed by atoms with Crippen molar-refractivity contribution in [3.63, 3.8) is 0 Å². The van der Waals surface area contributed by atoms with Crippen molar-refractivity contribution in [2.75, 3.05) is 26.3 Å². The van der Waals surface area contributed by atoms with Gasteiger partial charge in [0.2, 0.25) is 5.67 Å². The molecule has 2 atom stereocenters. The molecule has 2 rings (SSSR count). The molecule has 0 saturated carbocycles. The van der Waals surface area contributed by atoms with Gasteiger partial charge in [0.15, 0.2) is 0 Å². The summed E-state index contributed by atoms with van der Waals surface area (Å²) in [6, 6.07) is 0. The number of rotatable bonds is 1. The van der Waals surface area contributed by atoms with Crippen LogP contribution >= 0.6 is 0 Å². The first-order valence-electron chi connectivity index (χ1n) is 5.32. The molecule has 0 aromatic heterocycles. The molecule has 0 amide bonds. The highest BCUT2D eigenvalue weighted by Crippen LogP contribution is 2.46. The summed E-state index contributed by atoms with van der Waals surface area (Å²) >= 11 is 0. The Kier molecular flexibility index (Phi) is 2.68. The summed E-state index contributed by atoms with van der Waals surface area (Å²) in [6.45, 7) is 1.43. The Morgan fingerprint density at radius 1 is 1.33 bits per heavy atom. The number of hydrogen-bond donors (Lipinski definition) is 2. The Morgan fingerprint density at radius 3 is 2.87 bits per heavy atom. The average Bonchev–Trinajstić information content (AvgIpc) is 2.38. The number of carboxylic acids is 1. The molecule has 2 aliphatic heterocycles. The van der Waals surface area contributed by atoms with Gasteiger partial charge < -0.3 is 15.2 Å². The third-order valence-corrected chi connectivity index (χ3v) is 3.68. The van der Waals surface area contributed by atoms with Gasteiger partial charge in [-0.3, -0.25) is 0 Å². The molecule has 2 N–H and O–H groups in total. The van der Waals surface area contributed by atoms with E-state index >= 15 is 0 Å². The molecule has 2 heterocycles. The lowest BCUT2D eigenvalue weighted by Gasteiger charge is -2.35. The largest absolute Gasteiger partial charge is 0.479 e. The summed E-state index contributed by atoms with van der Waals surface area (Å²) in [5, 5.41) is 11.9. The Bertz CT molecular complexity index is 263. The zero-order valence-electron chi connectivity index (χ0n) is 8.59. The summed E-state index contributed by atoms with van der Waals surface area (Å²) < 4.78 is 19.7. The van der Waals surface area contributed by atoms with Crippen molar-refractivity contribution in [3.8, 4) is 0 Å². The number of alkyl halides is 1. The molecular formula is C10H16FNO3. The van der Waals surface area contributed by atoms with E-state index in [9.17, 15) is 9.18 Å². The molecule has 2 aliphatic rings. The summed E-state index contributed by atoms with van der Waals surface area (Å²) in [5.41, 5.74) is -2.89. The monoisotopic (exact) mass is 217 g/mol. The Hall–Kier alpha value is -0.680. The van der Waals surface area contributed by atoms with Gasteiger partial charge in [0.25, 0.3) is 0 Å². The van der Waals surface area contributed by atoms with E-state index in [-0.39, 0.29) is 6.54 Å². The van der Waals surface area contributed by atoms with Crippen molar-refractivity contribution in [2.45, 2.75) is 24.9 Å². The molecule has 2 unspecified atom stereocenters. The molecule has 2 saturated heterocycles. The molecule has 0 bridgehead atoms. The Labute approximate surface area is 87.8 Å². The van der Waals surface area contributed by atoms with E-state index < -0.39 is 17.1 Å². The van der Waals surface area contributed by atoms with Crippen LogP contribution < -0.4 is 5.32 Å². The zero-order chi connectivity index (χ0) is 10.9. The van der Waals surface area contributed by atoms with Crippen molar-refractivity contribution in [1.82, 2.24) is 5.32 Å². The first kappa shape index (κ1) is 10.8. The van der Waals surface area contributed by atoms with E-state index in [1.807, 2.05) is 0 Å². The van der Waals surface area contributed by atoms with Crippen molar-refractivity contribution < 1.29 is 19.0 Å². The fraction of sp³-hybridized carbons (Fsp3) is 0.900. The van der Waals surface area contributed by atoms with Crippen LogP contribution in [-0.4, -0.2) is 43.0 Å². The van der Waals surface area contributed by atoms with E-state index in [1.54, 1.807) is 0 Å². The second kappa shape index (κ2) is 3.72. The zero-order valence-corrected chi connectivity index (χ0v) is 8.59. The molecule has 5 heteroatoms. The van der Waals surface area contributed by atoms with Crippen LogP contribution in [0, 0.1) is 5.41 Å². The van der Waals surface area contributed by atoms with Crippen LogP contribution in [0.25, 0.3) is 0 Å². The van der Waals surface area contributed by atoms with Crippen molar-refractivity contribution in [3.05, 3.63) is 0 Å². The molecule has 1 spiro atoms. The van der Waals surface area contributed by atoms with Crippen LogP contribution in [0.3, 0.4) is 0 Å². The predicted octanol–water partition coefficient (Wildman–Crippen LogP) is 0.569. The van der Waals surface area contributed by atoms with E-state index in [0.717, 1.165) is 6.42 Å². The van der Waals surface area contributed by atoms with Crippen LogP contribution in [0.4, 0.5) is 4.39 Å². The highest BCUT2D eigenvalue weighted by atomic mass is 19.1. The highest BCUT2D eigenvalue weighted by Gasteiger charge is 2.60. The van der Waals surface area contributed by atoms with Crippen LogP contribution in [-0.2, 0) is 9.53 Å². The minimum Gasteiger partial charge on any atom is -0.479 e. The number of nitrogens with one attached hydrogen (secondary N) is 1. The van der Waals surface area contributed by atoms with Gasteiger partial charge in [0, 0.05) is 31.7 Å². The van der Waals surface area contributed by atoms with E-state index in [4.69, 9.17) is 9.84 Å². The molecular weight excluding hydrogens is 201 g/mol. The van der Waals surface area contributed by atoms with Gasteiger partial charge in [-0.15, -0.1) is 0 Å². The van der Waals surface area contributed by atoms with Gasteiger partial charge in [-0.1, -0.05) is 0 Å². The Morgan fingerprint density at radius 2 is 2.13 bits per heavy atom. The highest BCUT2D eigenvalue weighted by molar-refractivity contribution is 5.79. The molecule has 0 aromatic carbocycles. The second-order valence-electron chi connectivity index (χ2n) is 4.46. The number of hydrogen-bond acceptors (Lipinski definition) is 3. The average molecular weight is 217 g/mol. The summed E-state index contributed by atoms with van der Waals surface area (Å²) in [4.78, 5) is 11.1. The quantitative estimate of drug-likeness (QED) is 0.674. The fourth-order valence-corrected chi connectivity index (χ4v) is 2.68. The first-order valence-corrected chi connectivity index (χ1v) is 5.32. The van der Waals surface area contributed by atoms with Gasteiger partial charge in [-0.25, -0.2) is 9.18 Å². The van der Waals surface area contributed by atoms with Gasteiger partial charge in [0.05, 0.1) is 0 Å². The van der Waals surface area contributed by atoms with E-state index in [0.29, 0.717) is 32.6 Å². The van der Waals surface area contributed by atoms with Crippen LogP contribution in [0.1, 0.15) is 19.3 Å². The van der Waals surface area contributed by atoms with Gasteiger partial charge in [-0.05, 0) is 19.3 Å². The molecule has 0 aliphatic carbocycles.